The number of nitrogens with one attached hydrogen (secondary N) is 2. The van der Waals surface area contributed by atoms with Crippen LogP contribution in [-0.2, 0) is 10.0 Å². The van der Waals surface area contributed by atoms with E-state index in [0.717, 1.165) is 21.7 Å². The van der Waals surface area contributed by atoms with Crippen LogP contribution in [0.4, 0.5) is 11.4 Å². The summed E-state index contributed by atoms with van der Waals surface area (Å²) in [6.45, 7) is 3.87. The number of benzene rings is 3. The molecule has 0 atom stereocenters. The van der Waals surface area contributed by atoms with Gasteiger partial charge in [-0.1, -0.05) is 18.2 Å². The summed E-state index contributed by atoms with van der Waals surface area (Å²) in [4.78, 5) is 13.7. The molecular formula is C22H22N2O3S2. The first kappa shape index (κ1) is 21.0. The van der Waals surface area contributed by atoms with Crippen molar-refractivity contribution in [2.24, 2.45) is 0 Å². The Morgan fingerprint density at radius 1 is 0.862 bits per heavy atom. The fourth-order valence-corrected chi connectivity index (χ4v) is 4.32. The number of sulfonamides is 1. The Bertz CT molecular complexity index is 1100. The molecule has 7 heteroatoms. The van der Waals surface area contributed by atoms with Crippen molar-refractivity contribution in [1.82, 2.24) is 0 Å². The third-order valence-electron chi connectivity index (χ3n) is 4.49. The lowest BCUT2D eigenvalue weighted by molar-refractivity contribution is 0.102. The summed E-state index contributed by atoms with van der Waals surface area (Å²) >= 11 is 1.55. The number of aryl methyl sites for hydroxylation is 2. The van der Waals surface area contributed by atoms with Gasteiger partial charge in [0.1, 0.15) is 0 Å². The Kier molecular flexibility index (Phi) is 6.30. The molecule has 1 amide bonds. The summed E-state index contributed by atoms with van der Waals surface area (Å²) in [6, 6.07) is 18.8. The summed E-state index contributed by atoms with van der Waals surface area (Å²) in [7, 11) is -3.69. The lowest BCUT2D eigenvalue weighted by Gasteiger charge is -2.12. The largest absolute Gasteiger partial charge is 0.322 e. The van der Waals surface area contributed by atoms with Crippen molar-refractivity contribution in [3.05, 3.63) is 83.4 Å². The molecule has 0 radical (unpaired) electrons. The molecule has 0 unspecified atom stereocenters. The quantitative estimate of drug-likeness (QED) is 0.539. The standard InChI is InChI=1S/C22H22N2O3S2/c1-15-5-4-6-16(2)21(15)23-22(25)17-7-9-18(10-8-17)24-29(26,27)20-13-11-19(28-3)12-14-20/h4-14,24H,1-3H3,(H,23,25). The second-order valence-electron chi connectivity index (χ2n) is 6.58. The first-order valence-corrected chi connectivity index (χ1v) is 11.7. The fraction of sp³-hybridized carbons (Fsp3) is 0.136. The van der Waals surface area contributed by atoms with Gasteiger partial charge >= 0.3 is 0 Å². The molecule has 0 bridgehead atoms. The van der Waals surface area contributed by atoms with Crippen LogP contribution < -0.4 is 10.0 Å². The van der Waals surface area contributed by atoms with Crippen LogP contribution in [0.15, 0.2) is 76.5 Å². The van der Waals surface area contributed by atoms with Gasteiger partial charge in [-0.15, -0.1) is 11.8 Å². The van der Waals surface area contributed by atoms with Gasteiger partial charge in [-0.25, -0.2) is 8.42 Å². The fourth-order valence-electron chi connectivity index (χ4n) is 2.86. The molecule has 0 aliphatic rings. The molecule has 3 aromatic carbocycles. The number of hydrogen-bond acceptors (Lipinski definition) is 4. The highest BCUT2D eigenvalue weighted by molar-refractivity contribution is 7.98. The smallest absolute Gasteiger partial charge is 0.261 e. The van der Waals surface area contributed by atoms with Gasteiger partial charge in [0.15, 0.2) is 0 Å². The van der Waals surface area contributed by atoms with Crippen molar-refractivity contribution in [3.8, 4) is 0 Å². The molecule has 0 aliphatic carbocycles. The molecule has 5 nitrogen and oxygen atoms in total. The van der Waals surface area contributed by atoms with Gasteiger partial charge in [0.2, 0.25) is 0 Å². The van der Waals surface area contributed by atoms with Crippen LogP contribution in [-0.4, -0.2) is 20.6 Å². The molecule has 0 heterocycles. The molecule has 150 valence electrons. The third-order valence-corrected chi connectivity index (χ3v) is 6.63. The summed E-state index contributed by atoms with van der Waals surface area (Å²) < 4.78 is 27.6. The van der Waals surface area contributed by atoms with Crippen LogP contribution in [0.25, 0.3) is 0 Å². The Hall–Kier alpha value is -2.77. The normalized spacial score (nSPS) is 11.1. The van der Waals surface area contributed by atoms with Crippen LogP contribution in [0, 0.1) is 13.8 Å². The van der Waals surface area contributed by atoms with Gasteiger partial charge < -0.3 is 5.32 Å². The van der Waals surface area contributed by atoms with E-state index < -0.39 is 10.0 Å². The van der Waals surface area contributed by atoms with E-state index in [0.29, 0.717) is 11.3 Å². The Morgan fingerprint density at radius 3 is 2.00 bits per heavy atom. The molecule has 0 aromatic heterocycles. The number of para-hydroxylation sites is 1. The van der Waals surface area contributed by atoms with E-state index in [1.54, 1.807) is 60.3 Å². The zero-order valence-electron chi connectivity index (χ0n) is 16.4. The SMILES string of the molecule is CSc1ccc(S(=O)(=O)Nc2ccc(C(=O)Nc3c(C)cccc3C)cc2)cc1. The average Bonchev–Trinajstić information content (AvgIpc) is 2.71. The summed E-state index contributed by atoms with van der Waals surface area (Å²) in [5, 5.41) is 2.92. The predicted octanol–water partition coefficient (Wildman–Crippen LogP) is 5.08. The van der Waals surface area contributed by atoms with Gasteiger partial charge in [-0.05, 0) is 79.8 Å². The van der Waals surface area contributed by atoms with Crippen molar-refractivity contribution in [2.45, 2.75) is 23.6 Å². The van der Waals surface area contributed by atoms with Crippen molar-refractivity contribution < 1.29 is 13.2 Å². The van der Waals surface area contributed by atoms with Crippen LogP contribution in [0.5, 0.6) is 0 Å². The summed E-state index contributed by atoms with van der Waals surface area (Å²) in [5.74, 6) is -0.246. The van der Waals surface area contributed by atoms with E-state index in [1.807, 2.05) is 38.3 Å². The van der Waals surface area contributed by atoms with Gasteiger partial charge in [-0.2, -0.15) is 0 Å². The van der Waals surface area contributed by atoms with Crippen LogP contribution in [0.1, 0.15) is 21.5 Å². The Labute approximate surface area is 175 Å². The van der Waals surface area contributed by atoms with Crippen molar-refractivity contribution in [2.75, 3.05) is 16.3 Å². The van der Waals surface area contributed by atoms with E-state index in [1.165, 1.54) is 0 Å². The molecule has 3 aromatic rings. The molecule has 0 saturated heterocycles. The van der Waals surface area contributed by atoms with Crippen molar-refractivity contribution in [1.29, 1.82) is 0 Å². The van der Waals surface area contributed by atoms with Crippen LogP contribution >= 0.6 is 11.8 Å². The Balaban J connectivity index is 1.73. The van der Waals surface area contributed by atoms with Gasteiger partial charge in [0, 0.05) is 21.8 Å². The number of rotatable bonds is 6. The molecule has 0 spiro atoms. The van der Waals surface area contributed by atoms with E-state index in [4.69, 9.17) is 0 Å². The number of hydrogen-bond donors (Lipinski definition) is 2. The molecule has 0 fully saturated rings. The topological polar surface area (TPSA) is 75.3 Å². The highest BCUT2D eigenvalue weighted by Crippen LogP contribution is 2.22. The number of amides is 1. The maximum Gasteiger partial charge on any atom is 0.261 e. The number of carbonyl (C=O) groups excluding carboxylic acids is 1. The number of carbonyl (C=O) groups is 1. The third kappa shape index (κ3) is 4.99. The van der Waals surface area contributed by atoms with E-state index in [9.17, 15) is 13.2 Å². The van der Waals surface area contributed by atoms with Crippen LogP contribution in [0.2, 0.25) is 0 Å². The highest BCUT2D eigenvalue weighted by Gasteiger charge is 2.15. The van der Waals surface area contributed by atoms with E-state index in [2.05, 4.69) is 10.0 Å². The zero-order chi connectivity index (χ0) is 21.0. The molecule has 29 heavy (non-hydrogen) atoms. The minimum Gasteiger partial charge on any atom is -0.322 e. The first-order valence-electron chi connectivity index (χ1n) is 8.94. The number of anilines is 2. The second-order valence-corrected chi connectivity index (χ2v) is 9.14. The highest BCUT2D eigenvalue weighted by atomic mass is 32.2. The van der Waals surface area contributed by atoms with E-state index >= 15 is 0 Å². The van der Waals surface area contributed by atoms with Gasteiger partial charge in [0.05, 0.1) is 4.90 Å². The maximum absolute atomic E-state index is 12.5. The summed E-state index contributed by atoms with van der Waals surface area (Å²) in [6.07, 6.45) is 1.93. The lowest BCUT2D eigenvalue weighted by atomic mass is 10.1. The lowest BCUT2D eigenvalue weighted by Crippen LogP contribution is -2.15. The Morgan fingerprint density at radius 2 is 1.45 bits per heavy atom. The zero-order valence-corrected chi connectivity index (χ0v) is 18.0. The van der Waals surface area contributed by atoms with Gasteiger partial charge in [-0.3, -0.25) is 9.52 Å². The van der Waals surface area contributed by atoms with Crippen molar-refractivity contribution >= 4 is 39.1 Å². The minimum absolute atomic E-state index is 0.187. The monoisotopic (exact) mass is 426 g/mol. The average molecular weight is 427 g/mol. The molecule has 3 rings (SSSR count). The van der Waals surface area contributed by atoms with Gasteiger partial charge in [0.25, 0.3) is 15.9 Å². The molecular weight excluding hydrogens is 404 g/mol. The second kappa shape index (κ2) is 8.71. The minimum atomic E-state index is -3.69. The summed E-state index contributed by atoms with van der Waals surface area (Å²) in [5.41, 5.74) is 3.59. The van der Waals surface area contributed by atoms with Crippen LogP contribution in [0.3, 0.4) is 0 Å². The first-order chi connectivity index (χ1) is 13.8. The molecule has 0 saturated carbocycles. The van der Waals surface area contributed by atoms with Crippen molar-refractivity contribution in [3.63, 3.8) is 0 Å². The number of thioether (sulfide) groups is 1. The maximum atomic E-state index is 12.5. The molecule has 0 aliphatic heterocycles. The van der Waals surface area contributed by atoms with E-state index in [-0.39, 0.29) is 10.8 Å². The predicted molar refractivity (Wildman–Crippen MR) is 119 cm³/mol. The molecule has 2 N–H and O–H groups in total.